The molecule has 1 N–H and O–H groups in total. The molecule has 1 aromatic carbocycles. The van der Waals surface area contributed by atoms with Crippen molar-refractivity contribution < 1.29 is 13.9 Å². The Morgan fingerprint density at radius 3 is 2.90 bits per heavy atom. The fourth-order valence-corrected chi connectivity index (χ4v) is 2.46. The predicted molar refractivity (Wildman–Crippen MR) is 77.9 cm³/mol. The van der Waals surface area contributed by atoms with Crippen LogP contribution in [0.25, 0.3) is 0 Å². The molecular weight excluding hydrogens is 281 g/mol. The first-order valence-corrected chi connectivity index (χ1v) is 7.38. The second-order valence-corrected chi connectivity index (χ2v) is 5.72. The normalized spacial score (nSPS) is 20.4. The van der Waals surface area contributed by atoms with Crippen molar-refractivity contribution in [2.75, 3.05) is 19.7 Å². The van der Waals surface area contributed by atoms with Crippen LogP contribution in [-0.4, -0.2) is 31.9 Å². The van der Waals surface area contributed by atoms with Gasteiger partial charge in [0.1, 0.15) is 22.7 Å². The van der Waals surface area contributed by atoms with E-state index in [1.807, 2.05) is 13.8 Å². The molecule has 1 heterocycles. The van der Waals surface area contributed by atoms with Crippen LogP contribution in [0, 0.1) is 11.7 Å². The topological polar surface area (TPSA) is 30.5 Å². The molecule has 1 aromatic rings. The van der Waals surface area contributed by atoms with Crippen LogP contribution in [0.4, 0.5) is 4.39 Å². The van der Waals surface area contributed by atoms with Crippen molar-refractivity contribution >= 4 is 11.6 Å². The zero-order chi connectivity index (χ0) is 14.5. The van der Waals surface area contributed by atoms with Gasteiger partial charge in [-0.1, -0.05) is 17.7 Å². The van der Waals surface area contributed by atoms with Crippen LogP contribution < -0.4 is 10.1 Å². The Morgan fingerprint density at radius 1 is 1.45 bits per heavy atom. The average molecular weight is 302 g/mol. The first kappa shape index (κ1) is 15.5. The Morgan fingerprint density at radius 2 is 2.25 bits per heavy atom. The highest BCUT2D eigenvalue weighted by atomic mass is 35.5. The quantitative estimate of drug-likeness (QED) is 0.875. The van der Waals surface area contributed by atoms with Gasteiger partial charge in [-0.2, -0.15) is 0 Å². The van der Waals surface area contributed by atoms with Crippen molar-refractivity contribution in [3.8, 4) is 5.75 Å². The van der Waals surface area contributed by atoms with Crippen LogP contribution in [0.5, 0.6) is 5.75 Å². The van der Waals surface area contributed by atoms with Crippen molar-refractivity contribution in [1.29, 1.82) is 0 Å². The molecule has 2 rings (SSSR count). The lowest BCUT2D eigenvalue weighted by Crippen LogP contribution is -2.34. The SMILES string of the molecule is CC(C)OC[C@@H](Oc1cccc(F)c1Cl)C1CCNC1. The van der Waals surface area contributed by atoms with E-state index in [9.17, 15) is 4.39 Å². The summed E-state index contributed by atoms with van der Waals surface area (Å²) in [5.41, 5.74) is 0. The summed E-state index contributed by atoms with van der Waals surface area (Å²) >= 11 is 5.95. The first-order valence-electron chi connectivity index (χ1n) is 7.01. The molecule has 1 aliphatic rings. The maximum Gasteiger partial charge on any atom is 0.145 e. The van der Waals surface area contributed by atoms with Crippen molar-refractivity contribution in [1.82, 2.24) is 5.32 Å². The molecule has 2 atom stereocenters. The highest BCUT2D eigenvalue weighted by Crippen LogP contribution is 2.29. The van der Waals surface area contributed by atoms with Gasteiger partial charge in [-0.3, -0.25) is 0 Å². The number of halogens is 2. The molecule has 112 valence electrons. The highest BCUT2D eigenvalue weighted by Gasteiger charge is 2.28. The van der Waals surface area contributed by atoms with Gasteiger partial charge < -0.3 is 14.8 Å². The average Bonchev–Trinajstić information content (AvgIpc) is 2.93. The van der Waals surface area contributed by atoms with Gasteiger partial charge in [-0.05, 0) is 38.9 Å². The number of hydrogen-bond acceptors (Lipinski definition) is 3. The summed E-state index contributed by atoms with van der Waals surface area (Å²) in [6, 6.07) is 4.62. The molecule has 1 saturated heterocycles. The van der Waals surface area contributed by atoms with E-state index < -0.39 is 5.82 Å². The molecule has 5 heteroatoms. The third-order valence-electron chi connectivity index (χ3n) is 3.41. The first-order chi connectivity index (χ1) is 9.58. The van der Waals surface area contributed by atoms with Gasteiger partial charge in [0.15, 0.2) is 0 Å². The van der Waals surface area contributed by atoms with Crippen molar-refractivity contribution in [3.05, 3.63) is 29.0 Å². The summed E-state index contributed by atoms with van der Waals surface area (Å²) in [6.07, 6.45) is 1.05. The van der Waals surface area contributed by atoms with Crippen LogP contribution in [0.3, 0.4) is 0 Å². The second-order valence-electron chi connectivity index (χ2n) is 5.34. The molecule has 0 bridgehead atoms. The van der Waals surface area contributed by atoms with Gasteiger partial charge in [0.05, 0.1) is 12.7 Å². The summed E-state index contributed by atoms with van der Waals surface area (Å²) in [4.78, 5) is 0. The predicted octanol–water partition coefficient (Wildman–Crippen LogP) is 3.26. The fourth-order valence-electron chi connectivity index (χ4n) is 2.29. The van der Waals surface area contributed by atoms with E-state index >= 15 is 0 Å². The minimum atomic E-state index is -0.461. The maximum atomic E-state index is 13.5. The Balaban J connectivity index is 2.07. The summed E-state index contributed by atoms with van der Waals surface area (Å²) < 4.78 is 25.1. The molecule has 0 saturated carbocycles. The molecule has 1 aliphatic heterocycles. The van der Waals surface area contributed by atoms with E-state index in [-0.39, 0.29) is 17.2 Å². The Labute approximate surface area is 124 Å². The minimum Gasteiger partial charge on any atom is -0.486 e. The summed E-state index contributed by atoms with van der Waals surface area (Å²) in [6.45, 7) is 6.32. The number of hydrogen-bond donors (Lipinski definition) is 1. The van der Waals surface area contributed by atoms with Crippen LogP contribution in [-0.2, 0) is 4.74 Å². The Bertz CT molecular complexity index is 436. The van der Waals surface area contributed by atoms with Gasteiger partial charge in [-0.25, -0.2) is 4.39 Å². The molecule has 1 unspecified atom stereocenters. The van der Waals surface area contributed by atoms with E-state index in [2.05, 4.69) is 5.32 Å². The number of nitrogens with one attached hydrogen (secondary N) is 1. The van der Waals surface area contributed by atoms with E-state index in [1.54, 1.807) is 12.1 Å². The molecule has 1 fully saturated rings. The summed E-state index contributed by atoms with van der Waals surface area (Å²) in [5.74, 6) is 0.279. The van der Waals surface area contributed by atoms with Gasteiger partial charge in [0.2, 0.25) is 0 Å². The van der Waals surface area contributed by atoms with Crippen molar-refractivity contribution in [2.45, 2.75) is 32.5 Å². The standard InChI is InChI=1S/C15H21ClFNO2/c1-10(2)19-9-14(11-6-7-18-8-11)20-13-5-3-4-12(17)15(13)16/h3-5,10-11,14,18H,6-9H2,1-2H3/t11?,14-/m1/s1. The molecule has 0 amide bonds. The molecule has 3 nitrogen and oxygen atoms in total. The monoisotopic (exact) mass is 301 g/mol. The fraction of sp³-hybridized carbons (Fsp3) is 0.600. The van der Waals surface area contributed by atoms with E-state index in [0.29, 0.717) is 18.3 Å². The molecule has 0 aliphatic carbocycles. The summed E-state index contributed by atoms with van der Waals surface area (Å²) in [5, 5.41) is 3.34. The molecule has 0 radical (unpaired) electrons. The lowest BCUT2D eigenvalue weighted by Gasteiger charge is -2.25. The Hall–Kier alpha value is -0.840. The minimum absolute atomic E-state index is 0.0352. The van der Waals surface area contributed by atoms with Gasteiger partial charge >= 0.3 is 0 Å². The third-order valence-corrected chi connectivity index (χ3v) is 3.78. The molecule has 0 spiro atoms. The maximum absolute atomic E-state index is 13.5. The van der Waals surface area contributed by atoms with Gasteiger partial charge in [0, 0.05) is 12.5 Å². The van der Waals surface area contributed by atoms with E-state index in [0.717, 1.165) is 19.5 Å². The zero-order valence-corrected chi connectivity index (χ0v) is 12.6. The van der Waals surface area contributed by atoms with Crippen molar-refractivity contribution in [3.63, 3.8) is 0 Å². The Kier molecular flexibility index (Phi) is 5.64. The summed E-state index contributed by atoms with van der Waals surface area (Å²) in [7, 11) is 0. The van der Waals surface area contributed by atoms with Gasteiger partial charge in [-0.15, -0.1) is 0 Å². The number of rotatable bonds is 6. The van der Waals surface area contributed by atoms with Crippen LogP contribution >= 0.6 is 11.6 Å². The van der Waals surface area contributed by atoms with Crippen LogP contribution in [0.2, 0.25) is 5.02 Å². The highest BCUT2D eigenvalue weighted by molar-refractivity contribution is 6.32. The molecule has 0 aromatic heterocycles. The smallest absolute Gasteiger partial charge is 0.145 e. The second kappa shape index (κ2) is 7.25. The van der Waals surface area contributed by atoms with Crippen LogP contribution in [0.1, 0.15) is 20.3 Å². The van der Waals surface area contributed by atoms with Crippen molar-refractivity contribution in [2.24, 2.45) is 5.92 Å². The zero-order valence-electron chi connectivity index (χ0n) is 11.9. The molecule has 20 heavy (non-hydrogen) atoms. The van der Waals surface area contributed by atoms with Crippen LogP contribution in [0.15, 0.2) is 18.2 Å². The number of ether oxygens (including phenoxy) is 2. The van der Waals surface area contributed by atoms with Gasteiger partial charge in [0.25, 0.3) is 0 Å². The molecular formula is C15H21ClFNO2. The van der Waals surface area contributed by atoms with E-state index in [1.165, 1.54) is 6.07 Å². The lowest BCUT2D eigenvalue weighted by molar-refractivity contribution is -0.00373. The lowest BCUT2D eigenvalue weighted by atomic mass is 10.0. The third kappa shape index (κ3) is 4.08. The largest absolute Gasteiger partial charge is 0.486 e. The van der Waals surface area contributed by atoms with E-state index in [4.69, 9.17) is 21.1 Å². The number of benzene rings is 1.